The van der Waals surface area contributed by atoms with Gasteiger partial charge in [0.2, 0.25) is 0 Å². The van der Waals surface area contributed by atoms with Crippen LogP contribution in [0.4, 0.5) is 29.3 Å². The number of piperidine rings is 1. The summed E-state index contributed by atoms with van der Waals surface area (Å²) in [6.45, 7) is 6.66. The first kappa shape index (κ1) is 23.6. The van der Waals surface area contributed by atoms with Crippen molar-refractivity contribution in [2.75, 3.05) is 36.0 Å². The normalized spacial score (nSPS) is 26.3. The highest BCUT2D eigenvalue weighted by Crippen LogP contribution is 2.53. The van der Waals surface area contributed by atoms with Gasteiger partial charge in [0.05, 0.1) is 30.4 Å². The molecule has 4 rings (SSSR count). The third-order valence-electron chi connectivity index (χ3n) is 6.03. The van der Waals surface area contributed by atoms with Gasteiger partial charge in [-0.15, -0.1) is 0 Å². The zero-order valence-electron chi connectivity index (χ0n) is 18.5. The first-order valence-electron chi connectivity index (χ1n) is 10.8. The first-order valence-corrected chi connectivity index (χ1v) is 11.2. The van der Waals surface area contributed by atoms with Gasteiger partial charge in [-0.25, -0.2) is 18.0 Å². The van der Waals surface area contributed by atoms with Crippen molar-refractivity contribution in [2.24, 2.45) is 17.8 Å². The number of anilines is 2. The number of nitrogens with one attached hydrogen (secondary N) is 1. The number of hydrogen-bond acceptors (Lipinski definition) is 6. The maximum Gasteiger partial charge on any atom is 0.414 e. The summed E-state index contributed by atoms with van der Waals surface area (Å²) < 4.78 is 50.5. The van der Waals surface area contributed by atoms with Gasteiger partial charge in [0, 0.05) is 13.1 Å². The smallest absolute Gasteiger partial charge is 0.414 e. The Morgan fingerprint density at radius 3 is 2.52 bits per heavy atom. The van der Waals surface area contributed by atoms with E-state index in [1.54, 1.807) is 12.1 Å². The lowest BCUT2D eigenvalue weighted by Crippen LogP contribution is -2.36. The van der Waals surface area contributed by atoms with Gasteiger partial charge in [0.1, 0.15) is 22.5 Å². The molecule has 33 heavy (non-hydrogen) atoms. The molecular formula is C22H26F3N3O4S. The maximum absolute atomic E-state index is 14.9. The summed E-state index contributed by atoms with van der Waals surface area (Å²) in [4.78, 5) is 27.0. The fraction of sp³-hybridized carbons (Fsp3) is 0.591. The molecule has 4 atom stereocenters. The van der Waals surface area contributed by atoms with Crippen LogP contribution >= 0.6 is 12.2 Å². The van der Waals surface area contributed by atoms with Gasteiger partial charge in [0.15, 0.2) is 0 Å². The predicted molar refractivity (Wildman–Crippen MR) is 119 cm³/mol. The number of esters is 1. The van der Waals surface area contributed by atoms with E-state index in [1.807, 2.05) is 25.7 Å². The number of benzene rings is 1. The SMILES string of the molecule is CC(C)(C)OC(=O)C1[C@H]2CN(c3ccc(N4C[C@H](CNC(=S)C(F)F)OC4=O)cc3F)C[C@@H]12. The monoisotopic (exact) mass is 485 g/mol. The van der Waals surface area contributed by atoms with Crippen molar-refractivity contribution in [1.29, 1.82) is 0 Å². The van der Waals surface area contributed by atoms with E-state index in [2.05, 4.69) is 17.5 Å². The summed E-state index contributed by atoms with van der Waals surface area (Å²) >= 11 is 4.51. The number of nitrogens with zero attached hydrogens (tertiary/aromatic N) is 2. The minimum absolute atomic E-state index is 0.0542. The molecule has 1 N–H and O–H groups in total. The highest BCUT2D eigenvalue weighted by molar-refractivity contribution is 7.80. The summed E-state index contributed by atoms with van der Waals surface area (Å²) in [6, 6.07) is 4.47. The van der Waals surface area contributed by atoms with E-state index in [4.69, 9.17) is 9.47 Å². The van der Waals surface area contributed by atoms with Gasteiger partial charge >= 0.3 is 12.1 Å². The number of halogens is 3. The second kappa shape index (κ2) is 8.66. The lowest BCUT2D eigenvalue weighted by atomic mass is 10.1. The second-order valence-electron chi connectivity index (χ2n) is 9.59. The number of cyclic esters (lactones) is 1. The van der Waals surface area contributed by atoms with Crippen LogP contribution in [0.2, 0.25) is 0 Å². The van der Waals surface area contributed by atoms with Gasteiger partial charge in [-0.3, -0.25) is 9.69 Å². The largest absolute Gasteiger partial charge is 0.460 e. The maximum atomic E-state index is 14.9. The summed E-state index contributed by atoms with van der Waals surface area (Å²) in [5, 5.41) is 2.37. The Labute approximate surface area is 195 Å². The summed E-state index contributed by atoms with van der Waals surface area (Å²) in [7, 11) is 0. The van der Waals surface area contributed by atoms with Crippen LogP contribution in [-0.4, -0.2) is 61.4 Å². The van der Waals surface area contributed by atoms with E-state index in [-0.39, 0.29) is 36.8 Å². The molecule has 2 saturated heterocycles. The molecule has 0 radical (unpaired) electrons. The average Bonchev–Trinajstić information content (AvgIpc) is 3.03. The van der Waals surface area contributed by atoms with Crippen molar-refractivity contribution < 1.29 is 32.2 Å². The van der Waals surface area contributed by atoms with Crippen LogP contribution < -0.4 is 15.1 Å². The van der Waals surface area contributed by atoms with Gasteiger partial charge < -0.3 is 19.7 Å². The predicted octanol–water partition coefficient (Wildman–Crippen LogP) is 3.36. The number of alkyl halides is 2. The average molecular weight is 486 g/mol. The molecule has 3 aliphatic rings. The van der Waals surface area contributed by atoms with Gasteiger partial charge in [-0.1, -0.05) is 12.2 Å². The van der Waals surface area contributed by atoms with Crippen LogP contribution in [0.15, 0.2) is 18.2 Å². The molecule has 7 nitrogen and oxygen atoms in total. The molecule has 0 aromatic heterocycles. The van der Waals surface area contributed by atoms with Crippen molar-refractivity contribution >= 4 is 40.6 Å². The second-order valence-corrected chi connectivity index (χ2v) is 10.0. The highest BCUT2D eigenvalue weighted by Gasteiger charge is 2.61. The number of rotatable bonds is 6. The number of carbonyl (C=O) groups is 2. The molecule has 2 aliphatic heterocycles. The Morgan fingerprint density at radius 2 is 1.94 bits per heavy atom. The number of amides is 1. The summed E-state index contributed by atoms with van der Waals surface area (Å²) in [5.41, 5.74) is 0.189. The van der Waals surface area contributed by atoms with Gasteiger partial charge in [0.25, 0.3) is 6.43 Å². The number of carbonyl (C=O) groups excluding carboxylic acids is 2. The standard InChI is InChI=1S/C22H26F3N3O4S/c1-22(2,3)32-20(29)17-13-9-27(10-14(13)17)16-5-4-11(6-15(16)23)28-8-12(31-21(28)30)7-26-19(33)18(24)25/h4-6,12-14,17-18H,7-10H2,1-3H3,(H,26,33)/t12-,13-,14+,17?/m0/s1. The van der Waals surface area contributed by atoms with Gasteiger partial charge in [-0.05, 0) is 50.8 Å². The van der Waals surface area contributed by atoms with Crippen LogP contribution in [-0.2, 0) is 14.3 Å². The fourth-order valence-corrected chi connectivity index (χ4v) is 4.58. The molecule has 1 saturated carbocycles. The van der Waals surface area contributed by atoms with E-state index in [0.29, 0.717) is 24.5 Å². The molecule has 1 amide bonds. The molecule has 11 heteroatoms. The van der Waals surface area contributed by atoms with Crippen molar-refractivity contribution in [3.05, 3.63) is 24.0 Å². The Hall–Kier alpha value is -2.56. The molecule has 1 aromatic carbocycles. The van der Waals surface area contributed by atoms with Crippen LogP contribution in [0.25, 0.3) is 0 Å². The number of fused-ring (bicyclic) bond motifs is 1. The zero-order chi connectivity index (χ0) is 24.1. The van der Waals surface area contributed by atoms with E-state index in [0.717, 1.165) is 0 Å². The summed E-state index contributed by atoms with van der Waals surface area (Å²) in [5.74, 6) is -0.513. The van der Waals surface area contributed by atoms with Crippen LogP contribution in [0.3, 0.4) is 0 Å². The Balaban J connectivity index is 1.34. The molecule has 0 spiro atoms. The molecule has 1 aromatic rings. The molecule has 2 heterocycles. The van der Waals surface area contributed by atoms with Crippen LogP contribution in [0.1, 0.15) is 20.8 Å². The quantitative estimate of drug-likeness (QED) is 0.490. The number of ether oxygens (including phenoxy) is 2. The molecule has 1 unspecified atom stereocenters. The third kappa shape index (κ3) is 5.02. The molecule has 1 aliphatic carbocycles. The third-order valence-corrected chi connectivity index (χ3v) is 6.36. The lowest BCUT2D eigenvalue weighted by Gasteiger charge is -2.25. The zero-order valence-corrected chi connectivity index (χ0v) is 19.3. The summed E-state index contributed by atoms with van der Waals surface area (Å²) in [6.07, 6.45) is -4.15. The topological polar surface area (TPSA) is 71.1 Å². The molecule has 0 bridgehead atoms. The minimum atomic E-state index is -2.79. The first-order chi connectivity index (χ1) is 15.4. The number of hydrogen-bond donors (Lipinski definition) is 1. The Bertz CT molecular complexity index is 959. The molecule has 180 valence electrons. The molecule has 3 fully saturated rings. The lowest BCUT2D eigenvalue weighted by molar-refractivity contribution is -0.157. The number of thiocarbonyl (C=S) groups is 1. The van der Waals surface area contributed by atoms with Crippen LogP contribution in [0.5, 0.6) is 0 Å². The van der Waals surface area contributed by atoms with E-state index in [9.17, 15) is 22.8 Å². The van der Waals surface area contributed by atoms with E-state index >= 15 is 0 Å². The van der Waals surface area contributed by atoms with Gasteiger partial charge in [-0.2, -0.15) is 0 Å². The van der Waals surface area contributed by atoms with Crippen molar-refractivity contribution in [2.45, 2.75) is 38.9 Å². The van der Waals surface area contributed by atoms with Crippen LogP contribution in [0, 0.1) is 23.6 Å². The Morgan fingerprint density at radius 1 is 1.27 bits per heavy atom. The van der Waals surface area contributed by atoms with Crippen molar-refractivity contribution in [3.8, 4) is 0 Å². The minimum Gasteiger partial charge on any atom is -0.460 e. The van der Waals surface area contributed by atoms with E-state index < -0.39 is 35.0 Å². The van der Waals surface area contributed by atoms with Crippen molar-refractivity contribution in [3.63, 3.8) is 0 Å². The molecular weight excluding hydrogens is 459 g/mol. The highest BCUT2D eigenvalue weighted by atomic mass is 32.1. The Kier molecular flexibility index (Phi) is 6.19. The van der Waals surface area contributed by atoms with Crippen molar-refractivity contribution in [1.82, 2.24) is 5.32 Å². The van der Waals surface area contributed by atoms with E-state index in [1.165, 1.54) is 11.0 Å². The fourth-order valence-electron chi connectivity index (χ4n) is 4.49.